The van der Waals surface area contributed by atoms with Crippen LogP contribution in [0, 0.1) is 58.7 Å². The first-order valence-electron chi connectivity index (χ1n) is 44.0. The monoisotopic (exact) mass is 2360 g/mol. The van der Waals surface area contributed by atoms with Crippen molar-refractivity contribution in [3.05, 3.63) is 0 Å². The molecule has 9 aliphatic carbocycles. The summed E-state index contributed by atoms with van der Waals surface area (Å²) in [5.41, 5.74) is -0.174. The molecule has 9 fully saturated rings. The lowest BCUT2D eigenvalue weighted by molar-refractivity contribution is -0.777. The predicted molar refractivity (Wildman–Crippen MR) is 442 cm³/mol. The summed E-state index contributed by atoms with van der Waals surface area (Å²) in [6.07, 6.45) is 35.7. The predicted octanol–water partition coefficient (Wildman–Crippen LogP) is 11.7. The van der Waals surface area contributed by atoms with Gasteiger partial charge in [-0.1, -0.05) is 142 Å². The third-order valence-electron chi connectivity index (χ3n) is 21.6. The highest BCUT2D eigenvalue weighted by Gasteiger charge is 2.52. The molecule has 0 aromatic carbocycles. The Morgan fingerprint density at radius 1 is 0.245 bits per heavy atom. The molecule has 2 atom stereocenters. The number of carbonyl (C=O) groups is 9. The van der Waals surface area contributed by atoms with Crippen LogP contribution in [-0.4, -0.2) is 160 Å². The first-order valence-corrected chi connectivity index (χ1v) is 50.7. The molecule has 0 radical (unpaired) electrons. The van der Waals surface area contributed by atoms with E-state index in [1.54, 1.807) is 0 Å². The summed E-state index contributed by atoms with van der Waals surface area (Å²) in [6, 6.07) is 0. The van der Waals surface area contributed by atoms with Gasteiger partial charge in [0.1, 0.15) is 108 Å². The molecule has 0 aliphatic heterocycles. The van der Waals surface area contributed by atoms with Gasteiger partial charge in [0, 0.05) is 5.41 Å². The number of halogens is 18. The Morgan fingerprint density at radius 2 is 0.429 bits per heavy atom. The van der Waals surface area contributed by atoms with Gasteiger partial charge in [0.15, 0.2) is 0 Å². The lowest BCUT2D eigenvalue weighted by Gasteiger charge is -2.25. The number of esters is 9. The Balaban J connectivity index is 0.000000828. The highest BCUT2D eigenvalue weighted by Crippen LogP contribution is 2.47. The fourth-order valence-corrected chi connectivity index (χ4v) is 15.0. The molecular weight excluding hydrogens is 2250 g/mol. The molecule has 0 spiro atoms. The molecule has 0 N–H and O–H groups in total. The molecule has 2 unspecified atom stereocenters. The molecule has 0 bridgehead atoms. The molecule has 864 valence electrons. The van der Waals surface area contributed by atoms with Crippen LogP contribution in [0.5, 0.6) is 0 Å². The van der Waals surface area contributed by atoms with E-state index in [-0.39, 0.29) is 94.5 Å². The molecular formula is C75H105F18O45S9-9. The van der Waals surface area contributed by atoms with Gasteiger partial charge in [-0.15, -0.1) is 0 Å². The van der Waals surface area contributed by atoms with E-state index in [1.165, 1.54) is 38.5 Å². The van der Waals surface area contributed by atoms with Crippen molar-refractivity contribution in [2.24, 2.45) is 58.7 Å². The first kappa shape index (κ1) is 141. The summed E-state index contributed by atoms with van der Waals surface area (Å²) < 4.78 is 301. The highest BCUT2D eigenvalue weighted by atomic mass is 32.2. The van der Waals surface area contributed by atoms with Crippen LogP contribution in [0.15, 0.2) is 0 Å². The zero-order valence-corrected chi connectivity index (χ0v) is 84.7. The van der Waals surface area contributed by atoms with Crippen molar-refractivity contribution in [2.45, 2.75) is 292 Å². The van der Waals surface area contributed by atoms with E-state index < -0.39 is 209 Å². The van der Waals surface area contributed by atoms with E-state index in [2.05, 4.69) is 127 Å². The van der Waals surface area contributed by atoms with Crippen LogP contribution in [0.2, 0.25) is 0 Å². The van der Waals surface area contributed by atoms with Crippen molar-refractivity contribution in [2.75, 3.05) is 59.5 Å². The van der Waals surface area contributed by atoms with Gasteiger partial charge in [0.2, 0.25) is 0 Å². The fourth-order valence-electron chi connectivity index (χ4n) is 12.9. The van der Waals surface area contributed by atoms with E-state index in [9.17, 15) is 169 Å². The zero-order valence-electron chi connectivity index (χ0n) is 77.4. The van der Waals surface area contributed by atoms with E-state index in [0.29, 0.717) is 42.9 Å². The maximum absolute atomic E-state index is 12.9. The van der Waals surface area contributed by atoms with E-state index in [4.69, 9.17) is 0 Å². The fraction of sp³-hybridized carbons (Fsp3) is 0.880. The van der Waals surface area contributed by atoms with Gasteiger partial charge in [0.25, 0.3) is 0 Å². The van der Waals surface area contributed by atoms with Crippen LogP contribution >= 0.6 is 108 Å². The van der Waals surface area contributed by atoms with E-state index in [0.717, 1.165) is 173 Å². The summed E-state index contributed by atoms with van der Waals surface area (Å²) in [4.78, 5) is 97.8. The summed E-state index contributed by atoms with van der Waals surface area (Å²) in [6.45, 7) is 3.43. The number of hydrogen-bond acceptors (Lipinski definition) is 54. The molecule has 0 heterocycles. The molecule has 9 saturated carbocycles. The van der Waals surface area contributed by atoms with Crippen LogP contribution in [0.3, 0.4) is 0 Å². The van der Waals surface area contributed by atoms with Crippen LogP contribution in [0.25, 0.3) is 0 Å². The normalized spacial score (nSPS) is 18.3. The maximum atomic E-state index is 12.9. The largest absolute Gasteiger partial charge is 0.691 e. The lowest BCUT2D eigenvalue weighted by Crippen LogP contribution is -2.30. The molecule has 0 amide bonds. The standard InChI is InChI=1S/C11H18F2O5S.2C10H16F2O5S.C9H14F2O5S.C8H12F2O5S.3C7H10F2O5S.C6H8F2O5S/c12-11(13,19-18-17-15)10(14)16-8-4-7-9-5-2-1-3-6-9;11-10(12,18-17-16-14)9(13)15-7-3-6-8-4-1-2-5-8;11-10(12,18-17-16-14)9(13)15-7-6-8-4-2-1-3-5-8;10-9(11,17-16-15-13)8(12)14-6-7-4-2-1-3-5-7;9-8(10,16-15-14-12)7(11)13-5-6-3-1-2-4-6;1-4-2-5(4)3-12-6(10)7(8,9)15-14-13-11;1-6(2-3-6)4-12-5(10)7(8,9)15-14-13-11;8-7(9,15-14-13-11)6(10)12-4-5-2-1-3-5;7-6(8,14-13-12-10)5(9)11-3-4-1-2-4/h9,15H,1-8H2;2*8,14H,1-7H2;7,13H,1-6H2;6,12H,1-5H2;4-5,11H,2-3H2,1H3;11H,2-4H2,1H3;5,11H,1-4H2;4,10H,1-3H2/p-9. The van der Waals surface area contributed by atoms with E-state index in [1.807, 2.05) is 13.8 Å². The number of rotatable bonds is 59. The zero-order chi connectivity index (χ0) is 111. The third kappa shape index (κ3) is 66.9. The minimum atomic E-state index is -3.94. The minimum absolute atomic E-state index is 0.0206. The Labute approximate surface area is 864 Å². The minimum Gasteiger partial charge on any atom is -0.691 e. The van der Waals surface area contributed by atoms with Crippen LogP contribution in [0.4, 0.5) is 79.0 Å². The second kappa shape index (κ2) is 77.4. The van der Waals surface area contributed by atoms with Crippen molar-refractivity contribution in [1.82, 2.24) is 0 Å². The Morgan fingerprint density at radius 3 is 0.633 bits per heavy atom. The third-order valence-corrected chi connectivity index (χ3v) is 26.1. The summed E-state index contributed by atoms with van der Waals surface area (Å²) in [5.74, 6) is -12.6. The topological polar surface area (TPSA) is 610 Å². The quantitative estimate of drug-likeness (QED) is 0.0104. The second-order valence-electron chi connectivity index (χ2n) is 33.0. The summed E-state index contributed by atoms with van der Waals surface area (Å²) >= 11 is -6.08. The summed E-state index contributed by atoms with van der Waals surface area (Å²) in [5, 5.41) is 73.2. The van der Waals surface area contributed by atoms with Gasteiger partial charge in [0.05, 0.1) is 59.5 Å². The Kier molecular flexibility index (Phi) is 74.3. The Hall–Kier alpha value is -3.96. The molecule has 9 aliphatic rings. The molecule has 147 heavy (non-hydrogen) atoms. The summed E-state index contributed by atoms with van der Waals surface area (Å²) in [7, 11) is 0. The second-order valence-corrected chi connectivity index (χ2v) is 40.4. The molecule has 72 heteroatoms. The van der Waals surface area contributed by atoms with Gasteiger partial charge in [-0.05, 0) is 156 Å². The van der Waals surface area contributed by atoms with Crippen LogP contribution in [-0.2, 0) is 170 Å². The van der Waals surface area contributed by atoms with Gasteiger partial charge in [-0.2, -0.15) is 118 Å². The van der Waals surface area contributed by atoms with Crippen LogP contribution in [0.1, 0.15) is 245 Å². The van der Waals surface area contributed by atoms with Crippen molar-refractivity contribution in [3.63, 3.8) is 0 Å². The maximum Gasteiger partial charge on any atom is 0.415 e. The van der Waals surface area contributed by atoms with E-state index >= 15 is 0 Å². The van der Waals surface area contributed by atoms with Gasteiger partial charge in [-0.25, -0.2) is 43.2 Å². The number of hydrogen-bond donors (Lipinski definition) is 0. The number of alkyl halides is 18. The SMILES string of the molecule is CC1(COC(=O)C(F)(F)SOO[O-])CC1.CC1CC1COC(=O)C(F)(F)SOO[O-].O=C(OCC1CC1)C(F)(F)SOO[O-].O=C(OCC1CCC1)C(F)(F)SOO[O-].O=C(OCC1CCCC1)C(F)(F)SOO[O-].O=C(OCC1CCCCC1)C(F)(F)SOO[O-].O=C(OCCC1CCCCC1)C(F)(F)SOO[O-].O=C(OCCCC1CCCC1)C(F)(F)SOO[O-].O=C(OCCCC1CCCCC1)C(F)(F)SOO[O-]. The first-order chi connectivity index (χ1) is 69.3. The van der Waals surface area contributed by atoms with Gasteiger partial charge < -0.3 is 89.9 Å². The highest BCUT2D eigenvalue weighted by molar-refractivity contribution is 7.98. The van der Waals surface area contributed by atoms with Gasteiger partial charge >= 0.3 is 101 Å². The average molecular weight is 2360 g/mol. The molecule has 45 nitrogen and oxygen atoms in total. The Bertz CT molecular complexity index is 3550. The van der Waals surface area contributed by atoms with Crippen molar-refractivity contribution < 1.29 is 296 Å². The smallest absolute Gasteiger partial charge is 0.415 e. The van der Waals surface area contributed by atoms with Crippen molar-refractivity contribution in [1.29, 1.82) is 0 Å². The molecule has 9 rings (SSSR count). The van der Waals surface area contributed by atoms with Gasteiger partial charge in [-0.3, -0.25) is 45.3 Å². The van der Waals surface area contributed by atoms with Crippen LogP contribution < -0.4 is 47.3 Å². The number of carbonyl (C=O) groups excluding carboxylic acids is 9. The van der Waals surface area contributed by atoms with Crippen molar-refractivity contribution in [3.8, 4) is 0 Å². The van der Waals surface area contributed by atoms with Crippen molar-refractivity contribution >= 4 is 162 Å². The number of ether oxygens (including phenoxy) is 9. The molecule has 0 saturated heterocycles. The molecule has 0 aromatic heterocycles. The lowest BCUT2D eigenvalue weighted by atomic mass is 9.86. The average Bonchev–Trinajstić information content (AvgIpc) is 1.68. The molecule has 0 aromatic rings.